The zero-order valence-electron chi connectivity index (χ0n) is 10.2. The van der Waals surface area contributed by atoms with Crippen molar-refractivity contribution in [1.29, 1.82) is 0 Å². The number of hydrogen-bond acceptors (Lipinski definition) is 1. The van der Waals surface area contributed by atoms with Gasteiger partial charge in [-0.1, -0.05) is 30.3 Å². The standard InChI is InChI=1S/C16H14FN/c1-16-13-5-3-2-4-12(13)15(18-16)8-10-6-7-11(17)9-14(10)16/h2-7,9,15,18H,8H2,1H3/t15-,16-/m0/s1. The molecule has 0 saturated heterocycles. The van der Waals surface area contributed by atoms with E-state index < -0.39 is 0 Å². The summed E-state index contributed by atoms with van der Waals surface area (Å²) < 4.78 is 13.5. The molecule has 2 aromatic rings. The highest BCUT2D eigenvalue weighted by atomic mass is 19.1. The van der Waals surface area contributed by atoms with E-state index in [4.69, 9.17) is 0 Å². The van der Waals surface area contributed by atoms with E-state index in [2.05, 4.69) is 36.5 Å². The van der Waals surface area contributed by atoms with Crippen LogP contribution in [-0.2, 0) is 12.0 Å². The molecule has 2 atom stereocenters. The first-order valence-corrected chi connectivity index (χ1v) is 6.34. The van der Waals surface area contributed by atoms with Gasteiger partial charge in [0.1, 0.15) is 5.82 Å². The van der Waals surface area contributed by atoms with E-state index >= 15 is 0 Å². The predicted octanol–water partition coefficient (Wildman–Crippen LogP) is 3.29. The van der Waals surface area contributed by atoms with Crippen LogP contribution in [0.5, 0.6) is 0 Å². The van der Waals surface area contributed by atoms with Gasteiger partial charge in [0.15, 0.2) is 0 Å². The molecular weight excluding hydrogens is 225 g/mol. The minimum atomic E-state index is -0.239. The fourth-order valence-corrected chi connectivity index (χ4v) is 3.56. The van der Waals surface area contributed by atoms with Crippen molar-refractivity contribution in [3.8, 4) is 0 Å². The van der Waals surface area contributed by atoms with Gasteiger partial charge in [0.25, 0.3) is 0 Å². The van der Waals surface area contributed by atoms with Gasteiger partial charge in [-0.05, 0) is 47.7 Å². The second-order valence-electron chi connectivity index (χ2n) is 5.41. The van der Waals surface area contributed by atoms with Crippen LogP contribution in [0.4, 0.5) is 4.39 Å². The SMILES string of the molecule is C[C@@]12N[C@@H](Cc3ccc(F)cc31)c1ccccc12. The van der Waals surface area contributed by atoms with E-state index in [0.717, 1.165) is 12.0 Å². The summed E-state index contributed by atoms with van der Waals surface area (Å²) in [6, 6.07) is 14.0. The Morgan fingerprint density at radius 3 is 2.89 bits per heavy atom. The summed E-state index contributed by atoms with van der Waals surface area (Å²) in [4.78, 5) is 0. The molecule has 2 heteroatoms. The Balaban J connectivity index is 2.04. The largest absolute Gasteiger partial charge is 0.297 e. The van der Waals surface area contributed by atoms with Gasteiger partial charge in [0.2, 0.25) is 0 Å². The summed E-state index contributed by atoms with van der Waals surface area (Å²) in [5.41, 5.74) is 4.76. The molecule has 2 bridgehead atoms. The van der Waals surface area contributed by atoms with Crippen molar-refractivity contribution in [2.24, 2.45) is 0 Å². The number of fused-ring (bicyclic) bond motifs is 7. The normalized spacial score (nSPS) is 27.8. The van der Waals surface area contributed by atoms with E-state index in [-0.39, 0.29) is 11.4 Å². The maximum atomic E-state index is 13.5. The topological polar surface area (TPSA) is 12.0 Å². The lowest BCUT2D eigenvalue weighted by Gasteiger charge is -2.34. The first-order valence-electron chi connectivity index (χ1n) is 6.34. The fourth-order valence-electron chi connectivity index (χ4n) is 3.56. The van der Waals surface area contributed by atoms with Crippen LogP contribution in [0.25, 0.3) is 0 Å². The van der Waals surface area contributed by atoms with Gasteiger partial charge in [-0.3, -0.25) is 5.32 Å². The van der Waals surface area contributed by atoms with E-state index in [9.17, 15) is 4.39 Å². The number of hydrogen-bond donors (Lipinski definition) is 1. The predicted molar refractivity (Wildman–Crippen MR) is 68.9 cm³/mol. The third kappa shape index (κ3) is 1.14. The van der Waals surface area contributed by atoms with Crippen molar-refractivity contribution in [2.45, 2.75) is 24.9 Å². The molecule has 0 unspecified atom stereocenters. The summed E-state index contributed by atoms with van der Waals surface area (Å²) in [5.74, 6) is -0.153. The number of halogens is 1. The maximum absolute atomic E-state index is 13.5. The van der Waals surface area contributed by atoms with Crippen LogP contribution in [0, 0.1) is 5.82 Å². The lowest BCUT2D eigenvalue weighted by molar-refractivity contribution is 0.386. The summed E-state index contributed by atoms with van der Waals surface area (Å²) >= 11 is 0. The first kappa shape index (κ1) is 10.3. The summed E-state index contributed by atoms with van der Waals surface area (Å²) in [6.45, 7) is 2.16. The molecular formula is C16H14FN. The molecule has 4 rings (SSSR count). The third-order valence-electron chi connectivity index (χ3n) is 4.37. The molecule has 0 spiro atoms. The van der Waals surface area contributed by atoms with Crippen LogP contribution < -0.4 is 5.32 Å². The highest BCUT2D eigenvalue weighted by Gasteiger charge is 2.45. The van der Waals surface area contributed by atoms with Gasteiger partial charge in [-0.25, -0.2) is 4.39 Å². The van der Waals surface area contributed by atoms with Crippen LogP contribution in [0.15, 0.2) is 42.5 Å². The van der Waals surface area contributed by atoms with Crippen molar-refractivity contribution in [3.05, 3.63) is 70.5 Å². The van der Waals surface area contributed by atoms with E-state index in [1.807, 2.05) is 6.07 Å². The second kappa shape index (κ2) is 3.21. The molecule has 2 aromatic carbocycles. The Hall–Kier alpha value is -1.67. The van der Waals surface area contributed by atoms with Crippen molar-refractivity contribution < 1.29 is 4.39 Å². The van der Waals surface area contributed by atoms with Gasteiger partial charge < -0.3 is 0 Å². The average Bonchev–Trinajstić information content (AvgIpc) is 2.62. The minimum absolute atomic E-state index is 0.153. The van der Waals surface area contributed by atoms with E-state index in [1.165, 1.54) is 16.7 Å². The van der Waals surface area contributed by atoms with Crippen LogP contribution in [-0.4, -0.2) is 0 Å². The molecule has 0 saturated carbocycles. The van der Waals surface area contributed by atoms with Crippen LogP contribution in [0.3, 0.4) is 0 Å². The van der Waals surface area contributed by atoms with Crippen molar-refractivity contribution in [2.75, 3.05) is 0 Å². The Kier molecular flexibility index (Phi) is 1.83. The van der Waals surface area contributed by atoms with Crippen molar-refractivity contribution >= 4 is 0 Å². The number of nitrogens with one attached hydrogen (secondary N) is 1. The van der Waals surface area contributed by atoms with Gasteiger partial charge in [0.05, 0.1) is 5.54 Å². The van der Waals surface area contributed by atoms with Gasteiger partial charge in [-0.2, -0.15) is 0 Å². The third-order valence-corrected chi connectivity index (χ3v) is 4.37. The molecule has 18 heavy (non-hydrogen) atoms. The highest BCUT2D eigenvalue weighted by Crippen LogP contribution is 2.48. The average molecular weight is 239 g/mol. The van der Waals surface area contributed by atoms with Gasteiger partial charge in [-0.15, -0.1) is 0 Å². The first-order chi connectivity index (χ1) is 8.68. The fraction of sp³-hybridized carbons (Fsp3) is 0.250. The molecule has 2 aliphatic heterocycles. The van der Waals surface area contributed by atoms with Gasteiger partial charge in [0, 0.05) is 6.04 Å². The van der Waals surface area contributed by atoms with Crippen LogP contribution in [0.1, 0.15) is 35.2 Å². The molecule has 1 nitrogen and oxygen atoms in total. The lowest BCUT2D eigenvalue weighted by Crippen LogP contribution is -2.41. The number of rotatable bonds is 0. The van der Waals surface area contributed by atoms with Crippen molar-refractivity contribution in [3.63, 3.8) is 0 Å². The molecule has 2 aliphatic rings. The molecule has 2 heterocycles. The smallest absolute Gasteiger partial charge is 0.123 e. The second-order valence-corrected chi connectivity index (χ2v) is 5.41. The van der Waals surface area contributed by atoms with E-state index in [1.54, 1.807) is 12.1 Å². The molecule has 0 amide bonds. The van der Waals surface area contributed by atoms with Gasteiger partial charge >= 0.3 is 0 Å². The summed E-state index contributed by atoms with van der Waals surface area (Å²) in [7, 11) is 0. The molecule has 0 fully saturated rings. The minimum Gasteiger partial charge on any atom is -0.297 e. The quantitative estimate of drug-likeness (QED) is 0.744. The Morgan fingerprint density at radius 1 is 1.17 bits per heavy atom. The molecule has 0 aliphatic carbocycles. The summed E-state index contributed by atoms with van der Waals surface area (Å²) in [5, 5.41) is 3.65. The van der Waals surface area contributed by atoms with E-state index in [0.29, 0.717) is 6.04 Å². The molecule has 0 aromatic heterocycles. The van der Waals surface area contributed by atoms with Crippen LogP contribution >= 0.6 is 0 Å². The van der Waals surface area contributed by atoms with Crippen molar-refractivity contribution in [1.82, 2.24) is 5.32 Å². The Bertz CT molecular complexity index is 649. The molecule has 90 valence electrons. The maximum Gasteiger partial charge on any atom is 0.123 e. The molecule has 1 N–H and O–H groups in total. The zero-order valence-corrected chi connectivity index (χ0v) is 10.2. The molecule has 0 radical (unpaired) electrons. The Labute approximate surface area is 106 Å². The monoisotopic (exact) mass is 239 g/mol. The number of benzene rings is 2. The zero-order chi connectivity index (χ0) is 12.3. The lowest BCUT2D eigenvalue weighted by atomic mass is 9.82. The Morgan fingerprint density at radius 2 is 2.00 bits per heavy atom. The highest BCUT2D eigenvalue weighted by molar-refractivity contribution is 5.54. The summed E-state index contributed by atoms with van der Waals surface area (Å²) in [6.07, 6.45) is 0.947. The van der Waals surface area contributed by atoms with Crippen LogP contribution in [0.2, 0.25) is 0 Å².